The number of para-hydroxylation sites is 1. The number of hydrogen-bond donors (Lipinski definition) is 3. The van der Waals surface area contributed by atoms with Crippen LogP contribution in [-0.2, 0) is 0 Å². The number of aromatic nitrogens is 3. The van der Waals surface area contributed by atoms with Crippen molar-refractivity contribution < 1.29 is 4.79 Å². The number of nitrogens with two attached hydrogens (primary N) is 1. The molecule has 0 spiro atoms. The van der Waals surface area contributed by atoms with Gasteiger partial charge >= 0.3 is 0 Å². The van der Waals surface area contributed by atoms with Crippen molar-refractivity contribution in [3.8, 4) is 11.4 Å². The normalized spacial score (nSPS) is 15.6. The van der Waals surface area contributed by atoms with Crippen LogP contribution < -0.4 is 11.1 Å². The molecule has 1 fully saturated rings. The number of hydrogen-bond acceptors (Lipinski definition) is 6. The molecule has 0 atom stereocenters. The molecule has 8 heteroatoms. The molecule has 1 aliphatic rings. The average molecular weight is 393 g/mol. The van der Waals surface area contributed by atoms with Crippen molar-refractivity contribution in [1.82, 2.24) is 24.8 Å². The fourth-order valence-electron chi connectivity index (χ4n) is 3.68. The molecule has 1 aromatic carbocycles. The second kappa shape index (κ2) is 8.59. The molecule has 29 heavy (non-hydrogen) atoms. The molecule has 1 amide bonds. The van der Waals surface area contributed by atoms with Crippen LogP contribution in [0.2, 0.25) is 0 Å². The van der Waals surface area contributed by atoms with E-state index in [9.17, 15) is 4.79 Å². The maximum absolute atomic E-state index is 11.7. The average Bonchev–Trinajstić information content (AvgIpc) is 3.17. The number of carbonyl (C=O) groups excluding carboxylic acids is 1. The number of fused-ring (bicyclic) bond motifs is 1. The summed E-state index contributed by atoms with van der Waals surface area (Å²) in [5.74, 6) is 0.980. The highest BCUT2D eigenvalue weighted by Crippen LogP contribution is 2.27. The number of anilines is 1. The van der Waals surface area contributed by atoms with Gasteiger partial charge in [0.2, 0.25) is 0 Å². The summed E-state index contributed by atoms with van der Waals surface area (Å²) >= 11 is 0. The van der Waals surface area contributed by atoms with E-state index in [2.05, 4.69) is 37.1 Å². The van der Waals surface area contributed by atoms with Crippen LogP contribution in [0.25, 0.3) is 22.4 Å². The first-order chi connectivity index (χ1) is 14.1. The number of carbonyl (C=O) groups is 1. The Labute approximate surface area is 170 Å². The summed E-state index contributed by atoms with van der Waals surface area (Å²) in [4.78, 5) is 28.9. The van der Waals surface area contributed by atoms with Crippen molar-refractivity contribution in [2.75, 3.05) is 51.6 Å². The fourth-order valence-corrected chi connectivity index (χ4v) is 3.68. The third-order valence-corrected chi connectivity index (χ3v) is 5.39. The van der Waals surface area contributed by atoms with Gasteiger partial charge in [0, 0.05) is 38.9 Å². The Morgan fingerprint density at radius 3 is 2.83 bits per heavy atom. The lowest BCUT2D eigenvalue weighted by atomic mass is 10.2. The molecule has 0 radical (unpaired) electrons. The van der Waals surface area contributed by atoms with Gasteiger partial charge in [-0.3, -0.25) is 4.79 Å². The van der Waals surface area contributed by atoms with Crippen LogP contribution in [-0.4, -0.2) is 77.0 Å². The summed E-state index contributed by atoms with van der Waals surface area (Å²) in [6.45, 7) is 6.45. The zero-order chi connectivity index (χ0) is 20.2. The van der Waals surface area contributed by atoms with E-state index < -0.39 is 5.91 Å². The molecule has 1 saturated heterocycles. The topological polar surface area (TPSA) is 103 Å². The number of nitrogens with one attached hydrogen (secondary N) is 2. The van der Waals surface area contributed by atoms with E-state index in [1.54, 1.807) is 18.3 Å². The van der Waals surface area contributed by atoms with Gasteiger partial charge < -0.3 is 25.8 Å². The molecule has 0 unspecified atom stereocenters. The van der Waals surface area contributed by atoms with Crippen LogP contribution in [0.4, 0.5) is 5.82 Å². The molecule has 4 rings (SSSR count). The number of H-pyrrole nitrogens is 1. The number of imidazole rings is 1. The van der Waals surface area contributed by atoms with Crippen LogP contribution in [0, 0.1) is 0 Å². The van der Waals surface area contributed by atoms with Crippen LogP contribution in [0.3, 0.4) is 0 Å². The van der Waals surface area contributed by atoms with Crippen LogP contribution in [0.15, 0.2) is 36.5 Å². The Hall–Kier alpha value is -2.97. The van der Waals surface area contributed by atoms with Crippen molar-refractivity contribution in [1.29, 1.82) is 0 Å². The standard InChI is InChI=1S/C21H27N7O/c1-27-11-13-28(14-12-27)10-4-9-24-20-16(6-3-8-23-20)21-25-17-7-2-5-15(19(22)29)18(17)26-21/h2-3,5-8H,4,9-14H2,1H3,(H2,22,29)(H,23,24)(H,25,26). The third-order valence-electron chi connectivity index (χ3n) is 5.39. The monoisotopic (exact) mass is 393 g/mol. The van der Waals surface area contributed by atoms with Crippen molar-refractivity contribution in [2.24, 2.45) is 5.73 Å². The van der Waals surface area contributed by atoms with Gasteiger partial charge in [0.05, 0.1) is 22.2 Å². The van der Waals surface area contributed by atoms with Crippen molar-refractivity contribution in [2.45, 2.75) is 6.42 Å². The molecule has 2 aromatic heterocycles. The number of pyridine rings is 1. The number of rotatable bonds is 7. The van der Waals surface area contributed by atoms with Gasteiger partial charge in [-0.15, -0.1) is 0 Å². The number of benzene rings is 1. The molecular weight excluding hydrogens is 366 g/mol. The minimum atomic E-state index is -0.473. The predicted molar refractivity (Wildman–Crippen MR) is 115 cm³/mol. The third kappa shape index (κ3) is 4.38. The van der Waals surface area contributed by atoms with E-state index in [1.165, 1.54) is 0 Å². The van der Waals surface area contributed by atoms with E-state index >= 15 is 0 Å². The van der Waals surface area contributed by atoms with Gasteiger partial charge in [0.1, 0.15) is 11.6 Å². The quantitative estimate of drug-likeness (QED) is 0.529. The van der Waals surface area contributed by atoms with Gasteiger partial charge in [-0.2, -0.15) is 0 Å². The number of aromatic amines is 1. The Balaban J connectivity index is 1.45. The second-order valence-electron chi connectivity index (χ2n) is 7.47. The molecule has 0 saturated carbocycles. The fraction of sp³-hybridized carbons (Fsp3) is 0.381. The van der Waals surface area contributed by atoms with Gasteiger partial charge in [0.25, 0.3) is 5.91 Å². The zero-order valence-electron chi connectivity index (χ0n) is 16.7. The molecule has 8 nitrogen and oxygen atoms in total. The highest BCUT2D eigenvalue weighted by atomic mass is 16.1. The summed E-state index contributed by atoms with van der Waals surface area (Å²) in [5.41, 5.74) is 8.16. The van der Waals surface area contributed by atoms with E-state index in [1.807, 2.05) is 18.2 Å². The maximum Gasteiger partial charge on any atom is 0.250 e. The first kappa shape index (κ1) is 19.4. The number of nitrogens with zero attached hydrogens (tertiary/aromatic N) is 4. The molecule has 0 bridgehead atoms. The Bertz CT molecular complexity index is 992. The highest BCUT2D eigenvalue weighted by Gasteiger charge is 2.15. The van der Waals surface area contributed by atoms with Crippen LogP contribution in [0.5, 0.6) is 0 Å². The van der Waals surface area contributed by atoms with Crippen LogP contribution >= 0.6 is 0 Å². The minimum absolute atomic E-state index is 0.437. The molecule has 3 heterocycles. The molecule has 1 aliphatic heterocycles. The Kier molecular flexibility index (Phi) is 5.73. The van der Waals surface area contributed by atoms with Crippen molar-refractivity contribution >= 4 is 22.8 Å². The van der Waals surface area contributed by atoms with Crippen LogP contribution in [0.1, 0.15) is 16.8 Å². The van der Waals surface area contributed by atoms with Gasteiger partial charge in [-0.05, 0) is 44.3 Å². The predicted octanol–water partition coefficient (Wildman–Crippen LogP) is 1.77. The molecule has 3 aromatic rings. The van der Waals surface area contributed by atoms with Crippen molar-refractivity contribution in [3.05, 3.63) is 42.1 Å². The van der Waals surface area contributed by atoms with E-state index in [-0.39, 0.29) is 0 Å². The Morgan fingerprint density at radius 1 is 1.21 bits per heavy atom. The SMILES string of the molecule is CN1CCN(CCCNc2ncccc2-c2nc3cccc(C(N)=O)c3[nH]2)CC1. The maximum atomic E-state index is 11.7. The largest absolute Gasteiger partial charge is 0.369 e. The first-order valence-electron chi connectivity index (χ1n) is 10.0. The number of likely N-dealkylation sites (N-methyl/N-ethyl adjacent to an activating group) is 1. The van der Waals surface area contributed by atoms with Gasteiger partial charge in [-0.1, -0.05) is 6.07 Å². The van der Waals surface area contributed by atoms with E-state index in [0.29, 0.717) is 22.4 Å². The summed E-state index contributed by atoms with van der Waals surface area (Å²) in [5, 5.41) is 3.44. The lowest BCUT2D eigenvalue weighted by Crippen LogP contribution is -2.44. The molecular formula is C21H27N7O. The first-order valence-corrected chi connectivity index (χ1v) is 10.0. The zero-order valence-corrected chi connectivity index (χ0v) is 16.7. The smallest absolute Gasteiger partial charge is 0.250 e. The number of piperazine rings is 1. The summed E-state index contributed by atoms with van der Waals surface area (Å²) in [7, 11) is 2.17. The van der Waals surface area contributed by atoms with Crippen molar-refractivity contribution in [3.63, 3.8) is 0 Å². The van der Waals surface area contributed by atoms with Gasteiger partial charge in [-0.25, -0.2) is 9.97 Å². The number of primary amides is 1. The lowest BCUT2D eigenvalue weighted by Gasteiger charge is -2.32. The van der Waals surface area contributed by atoms with E-state index in [4.69, 9.17) is 5.73 Å². The molecule has 152 valence electrons. The summed E-state index contributed by atoms with van der Waals surface area (Å²) in [6.07, 6.45) is 2.81. The summed E-state index contributed by atoms with van der Waals surface area (Å²) in [6, 6.07) is 9.20. The second-order valence-corrected chi connectivity index (χ2v) is 7.47. The summed E-state index contributed by atoms with van der Waals surface area (Å²) < 4.78 is 0. The number of amides is 1. The van der Waals surface area contributed by atoms with E-state index in [0.717, 1.165) is 57.1 Å². The Morgan fingerprint density at radius 2 is 2.03 bits per heavy atom. The molecule has 0 aliphatic carbocycles. The lowest BCUT2D eigenvalue weighted by molar-refractivity contribution is 0.100. The van der Waals surface area contributed by atoms with Gasteiger partial charge in [0.15, 0.2) is 0 Å². The minimum Gasteiger partial charge on any atom is -0.369 e. The molecule has 4 N–H and O–H groups in total. The highest BCUT2D eigenvalue weighted by molar-refractivity contribution is 6.04.